The molecular formula is C18H24ClNO5. The first-order valence-corrected chi connectivity index (χ1v) is 8.66. The number of benzene rings is 1. The molecule has 138 valence electrons. The van der Waals surface area contributed by atoms with Crippen LogP contribution in [0.5, 0.6) is 11.5 Å². The number of carbonyl (C=O) groups is 2. The van der Waals surface area contributed by atoms with E-state index in [-0.39, 0.29) is 35.2 Å². The molecule has 0 saturated carbocycles. The molecule has 1 amide bonds. The highest BCUT2D eigenvalue weighted by Gasteiger charge is 2.29. The van der Waals surface area contributed by atoms with Gasteiger partial charge in [0.15, 0.2) is 18.1 Å². The Balaban J connectivity index is 2.05. The lowest BCUT2D eigenvalue weighted by atomic mass is 9.97. The normalized spacial score (nSPS) is 20.1. The number of piperidine rings is 1. The van der Waals surface area contributed by atoms with Gasteiger partial charge in [0, 0.05) is 12.1 Å². The van der Waals surface area contributed by atoms with Crippen LogP contribution in [0.2, 0.25) is 5.02 Å². The number of carbonyl (C=O) groups excluding carboxylic acids is 2. The summed E-state index contributed by atoms with van der Waals surface area (Å²) in [5, 5.41) is 0.235. The van der Waals surface area contributed by atoms with Gasteiger partial charge < -0.3 is 19.1 Å². The van der Waals surface area contributed by atoms with Crippen LogP contribution in [-0.2, 0) is 9.53 Å². The predicted octanol–water partition coefficient (Wildman–Crippen LogP) is 3.30. The Morgan fingerprint density at radius 1 is 1.16 bits per heavy atom. The molecule has 6 nitrogen and oxygen atoms in total. The van der Waals surface area contributed by atoms with Crippen molar-refractivity contribution in [3.05, 3.63) is 22.7 Å². The molecular weight excluding hydrogens is 346 g/mol. The summed E-state index contributed by atoms with van der Waals surface area (Å²) in [6.45, 7) is 3.74. The number of hydrogen-bond donors (Lipinski definition) is 0. The van der Waals surface area contributed by atoms with E-state index in [2.05, 4.69) is 0 Å². The van der Waals surface area contributed by atoms with E-state index in [1.54, 1.807) is 4.90 Å². The van der Waals surface area contributed by atoms with Crippen LogP contribution in [-0.4, -0.2) is 49.7 Å². The largest absolute Gasteiger partial charge is 0.493 e. The van der Waals surface area contributed by atoms with E-state index in [1.807, 2.05) is 13.8 Å². The highest BCUT2D eigenvalue weighted by Crippen LogP contribution is 2.36. The third kappa shape index (κ3) is 4.37. The molecule has 0 aromatic heterocycles. The standard InChI is InChI=1S/C18H24ClNO5/c1-11-6-5-7-12(2)20(11)16(21)10-25-18(22)13-8-14(19)17(24-4)15(9-13)23-3/h8-9,11-12H,5-7,10H2,1-4H3/t11-,12-/m0/s1. The quantitative estimate of drug-likeness (QED) is 0.745. The number of ether oxygens (including phenoxy) is 3. The van der Waals surface area contributed by atoms with E-state index in [9.17, 15) is 9.59 Å². The summed E-state index contributed by atoms with van der Waals surface area (Å²) in [6, 6.07) is 3.22. The van der Waals surface area contributed by atoms with Crippen LogP contribution in [0.15, 0.2) is 12.1 Å². The molecule has 1 fully saturated rings. The minimum atomic E-state index is -0.631. The Kier molecular flexibility index (Phi) is 6.53. The molecule has 1 aromatic carbocycles. The topological polar surface area (TPSA) is 65.1 Å². The van der Waals surface area contributed by atoms with Crippen molar-refractivity contribution in [1.82, 2.24) is 4.90 Å². The van der Waals surface area contributed by atoms with Crippen molar-refractivity contribution < 1.29 is 23.8 Å². The molecule has 1 aliphatic heterocycles. The lowest BCUT2D eigenvalue weighted by Crippen LogP contribution is -2.49. The molecule has 25 heavy (non-hydrogen) atoms. The molecule has 0 spiro atoms. The zero-order valence-corrected chi connectivity index (χ0v) is 15.8. The molecule has 1 heterocycles. The van der Waals surface area contributed by atoms with Crippen LogP contribution < -0.4 is 9.47 Å². The number of nitrogens with zero attached hydrogens (tertiary/aromatic N) is 1. The van der Waals surface area contributed by atoms with E-state index in [4.69, 9.17) is 25.8 Å². The Morgan fingerprint density at radius 2 is 1.80 bits per heavy atom. The number of rotatable bonds is 5. The average Bonchev–Trinajstić information content (AvgIpc) is 2.58. The van der Waals surface area contributed by atoms with Gasteiger partial charge in [-0.15, -0.1) is 0 Å². The van der Waals surface area contributed by atoms with Gasteiger partial charge in [-0.25, -0.2) is 4.79 Å². The van der Waals surface area contributed by atoms with Crippen molar-refractivity contribution in [1.29, 1.82) is 0 Å². The maximum atomic E-state index is 12.4. The van der Waals surface area contributed by atoms with Crippen molar-refractivity contribution in [2.45, 2.75) is 45.2 Å². The third-order valence-corrected chi connectivity index (χ3v) is 4.76. The van der Waals surface area contributed by atoms with E-state index < -0.39 is 5.97 Å². The zero-order chi connectivity index (χ0) is 18.6. The molecule has 0 N–H and O–H groups in total. The lowest BCUT2D eigenvalue weighted by molar-refractivity contribution is -0.140. The summed E-state index contributed by atoms with van der Waals surface area (Å²) in [7, 11) is 2.91. The highest BCUT2D eigenvalue weighted by molar-refractivity contribution is 6.32. The van der Waals surface area contributed by atoms with Gasteiger partial charge in [0.05, 0.1) is 24.8 Å². The molecule has 1 aromatic rings. The van der Waals surface area contributed by atoms with E-state index in [0.717, 1.165) is 19.3 Å². The fraction of sp³-hybridized carbons (Fsp3) is 0.556. The fourth-order valence-electron chi connectivity index (χ4n) is 3.23. The minimum Gasteiger partial charge on any atom is -0.493 e. The van der Waals surface area contributed by atoms with Crippen LogP contribution in [0.25, 0.3) is 0 Å². The Bertz CT molecular complexity index is 639. The van der Waals surface area contributed by atoms with Crippen LogP contribution in [0.4, 0.5) is 0 Å². The van der Waals surface area contributed by atoms with Crippen molar-refractivity contribution in [2.24, 2.45) is 0 Å². The first kappa shape index (κ1) is 19.4. The number of hydrogen-bond acceptors (Lipinski definition) is 5. The maximum absolute atomic E-state index is 12.4. The van der Waals surface area contributed by atoms with Crippen LogP contribution in [0, 0.1) is 0 Å². The van der Waals surface area contributed by atoms with Crippen molar-refractivity contribution >= 4 is 23.5 Å². The zero-order valence-electron chi connectivity index (χ0n) is 15.0. The Hall–Kier alpha value is -1.95. The number of methoxy groups -OCH3 is 2. The van der Waals surface area contributed by atoms with Gasteiger partial charge in [0.2, 0.25) is 0 Å². The number of esters is 1. The van der Waals surface area contributed by atoms with E-state index in [1.165, 1.54) is 26.4 Å². The second kappa shape index (κ2) is 8.43. The van der Waals surface area contributed by atoms with E-state index in [0.29, 0.717) is 11.5 Å². The Labute approximate surface area is 153 Å². The molecule has 7 heteroatoms. The molecule has 2 rings (SSSR count). The third-order valence-electron chi connectivity index (χ3n) is 4.48. The minimum absolute atomic E-state index is 0.158. The van der Waals surface area contributed by atoms with Gasteiger partial charge in [0.1, 0.15) is 0 Å². The fourth-order valence-corrected chi connectivity index (χ4v) is 3.52. The molecule has 1 saturated heterocycles. The van der Waals surface area contributed by atoms with E-state index >= 15 is 0 Å². The maximum Gasteiger partial charge on any atom is 0.338 e. The molecule has 0 unspecified atom stereocenters. The van der Waals surface area contributed by atoms with Crippen molar-refractivity contribution in [2.75, 3.05) is 20.8 Å². The monoisotopic (exact) mass is 369 g/mol. The first-order valence-electron chi connectivity index (χ1n) is 8.28. The summed E-state index contributed by atoms with van der Waals surface area (Å²) in [4.78, 5) is 26.5. The molecule has 1 aliphatic rings. The summed E-state index contributed by atoms with van der Waals surface area (Å²) < 4.78 is 15.5. The smallest absolute Gasteiger partial charge is 0.338 e. The second-order valence-electron chi connectivity index (χ2n) is 6.20. The summed E-state index contributed by atoms with van der Waals surface area (Å²) in [5.74, 6) is -0.146. The molecule has 0 aliphatic carbocycles. The van der Waals surface area contributed by atoms with Crippen LogP contribution in [0.1, 0.15) is 43.5 Å². The molecule has 2 atom stereocenters. The number of likely N-dealkylation sites (tertiary alicyclic amines) is 1. The van der Waals surface area contributed by atoms with Gasteiger partial charge in [0.25, 0.3) is 5.91 Å². The lowest BCUT2D eigenvalue weighted by Gasteiger charge is -2.38. The summed E-state index contributed by atoms with van der Waals surface area (Å²) in [6.07, 6.45) is 3.04. The predicted molar refractivity (Wildman–Crippen MR) is 94.5 cm³/mol. The first-order chi connectivity index (χ1) is 11.9. The van der Waals surface area contributed by atoms with Gasteiger partial charge in [-0.3, -0.25) is 4.79 Å². The molecule has 0 bridgehead atoms. The SMILES string of the molecule is COc1cc(C(=O)OCC(=O)N2[C@@H](C)CCC[C@@H]2C)cc(Cl)c1OC. The van der Waals surface area contributed by atoms with Crippen LogP contribution in [0.3, 0.4) is 0 Å². The van der Waals surface area contributed by atoms with Gasteiger partial charge in [-0.1, -0.05) is 11.6 Å². The van der Waals surface area contributed by atoms with Crippen LogP contribution >= 0.6 is 11.6 Å². The van der Waals surface area contributed by atoms with Gasteiger partial charge >= 0.3 is 5.97 Å². The number of halogens is 1. The number of amides is 1. The van der Waals surface area contributed by atoms with Gasteiger partial charge in [-0.05, 0) is 45.2 Å². The summed E-state index contributed by atoms with van der Waals surface area (Å²) >= 11 is 6.09. The highest BCUT2D eigenvalue weighted by atomic mass is 35.5. The van der Waals surface area contributed by atoms with Gasteiger partial charge in [-0.2, -0.15) is 0 Å². The summed E-state index contributed by atoms with van der Waals surface area (Å²) in [5.41, 5.74) is 0.204. The molecule has 0 radical (unpaired) electrons. The second-order valence-corrected chi connectivity index (χ2v) is 6.61. The van der Waals surface area contributed by atoms with Crippen molar-refractivity contribution in [3.63, 3.8) is 0 Å². The van der Waals surface area contributed by atoms with Crippen molar-refractivity contribution in [3.8, 4) is 11.5 Å². The Morgan fingerprint density at radius 3 is 2.36 bits per heavy atom. The average molecular weight is 370 g/mol.